The largest absolute Gasteiger partial charge is 0.389 e. The maximum atomic E-state index is 5.78. The summed E-state index contributed by atoms with van der Waals surface area (Å²) in [7, 11) is 0. The number of nitrogens with two attached hydrogens (primary N) is 1. The summed E-state index contributed by atoms with van der Waals surface area (Å²) in [5.41, 5.74) is 7.58. The van der Waals surface area contributed by atoms with Crippen LogP contribution in [-0.4, -0.2) is 16.5 Å². The monoisotopic (exact) mass is 259 g/mol. The Labute approximate surface area is 112 Å². The Morgan fingerprint density at radius 1 is 1.39 bits per heavy atom. The molecule has 1 aromatic heterocycles. The molecule has 18 heavy (non-hydrogen) atoms. The molecule has 0 aliphatic rings. The number of thiocarbonyl (C=S) groups is 1. The van der Waals surface area contributed by atoms with E-state index in [4.69, 9.17) is 18.0 Å². The summed E-state index contributed by atoms with van der Waals surface area (Å²) >= 11 is 5.11. The Hall–Kier alpha value is -1.68. The molecule has 3 nitrogen and oxygen atoms in total. The van der Waals surface area contributed by atoms with Crippen molar-refractivity contribution in [3.8, 4) is 0 Å². The normalized spacial score (nSPS) is 10.5. The second-order valence-corrected chi connectivity index (χ2v) is 4.66. The first-order valence-electron chi connectivity index (χ1n) is 6.16. The van der Waals surface area contributed by atoms with Crippen molar-refractivity contribution in [2.75, 3.05) is 11.9 Å². The van der Waals surface area contributed by atoms with Crippen LogP contribution in [0.25, 0.3) is 10.9 Å². The zero-order valence-corrected chi connectivity index (χ0v) is 11.3. The van der Waals surface area contributed by atoms with Crippen molar-refractivity contribution in [1.29, 1.82) is 0 Å². The predicted molar refractivity (Wildman–Crippen MR) is 81.0 cm³/mol. The van der Waals surface area contributed by atoms with E-state index in [0.717, 1.165) is 41.7 Å². The van der Waals surface area contributed by atoms with E-state index in [1.54, 1.807) is 0 Å². The number of nitrogens with zero attached hydrogens (tertiary/aromatic N) is 1. The standard InChI is InChI=1S/C14H17N3S/c1-2-3-8-16-13-9-11(14(15)18)10-6-4-5-7-12(10)17-13/h4-7,9H,2-3,8H2,1H3,(H2,15,18)(H,16,17). The SMILES string of the molecule is CCCCNc1cc(C(N)=S)c2ccccc2n1. The highest BCUT2D eigenvalue weighted by atomic mass is 32.1. The van der Waals surface area contributed by atoms with Gasteiger partial charge in [-0.15, -0.1) is 0 Å². The summed E-state index contributed by atoms with van der Waals surface area (Å²) < 4.78 is 0. The van der Waals surface area contributed by atoms with E-state index in [0.29, 0.717) is 4.99 Å². The predicted octanol–water partition coefficient (Wildman–Crippen LogP) is 3.08. The van der Waals surface area contributed by atoms with Gasteiger partial charge in [-0.2, -0.15) is 0 Å². The first-order valence-corrected chi connectivity index (χ1v) is 6.56. The molecule has 0 aliphatic heterocycles. The molecule has 0 atom stereocenters. The van der Waals surface area contributed by atoms with Gasteiger partial charge in [0.15, 0.2) is 0 Å². The summed E-state index contributed by atoms with van der Waals surface area (Å²) in [5.74, 6) is 0.838. The van der Waals surface area contributed by atoms with Gasteiger partial charge >= 0.3 is 0 Å². The van der Waals surface area contributed by atoms with Crippen LogP contribution < -0.4 is 11.1 Å². The van der Waals surface area contributed by atoms with Gasteiger partial charge in [0.05, 0.1) is 5.52 Å². The first kappa shape index (κ1) is 12.8. The lowest BCUT2D eigenvalue weighted by Gasteiger charge is -2.10. The summed E-state index contributed by atoms with van der Waals surface area (Å²) in [5, 5.41) is 4.31. The van der Waals surface area contributed by atoms with Crippen molar-refractivity contribution < 1.29 is 0 Å². The van der Waals surface area contributed by atoms with Crippen LogP contribution in [0.5, 0.6) is 0 Å². The van der Waals surface area contributed by atoms with Crippen LogP contribution in [0.15, 0.2) is 30.3 Å². The highest BCUT2D eigenvalue weighted by Gasteiger charge is 2.07. The van der Waals surface area contributed by atoms with E-state index in [1.807, 2.05) is 30.3 Å². The van der Waals surface area contributed by atoms with Crippen molar-refractivity contribution in [2.24, 2.45) is 5.73 Å². The third kappa shape index (κ3) is 2.76. The second-order valence-electron chi connectivity index (χ2n) is 4.22. The first-order chi connectivity index (χ1) is 8.72. The van der Waals surface area contributed by atoms with Gasteiger partial charge in [0.1, 0.15) is 10.8 Å². The summed E-state index contributed by atoms with van der Waals surface area (Å²) in [6.45, 7) is 3.08. The number of anilines is 1. The maximum Gasteiger partial charge on any atom is 0.127 e. The van der Waals surface area contributed by atoms with Crippen LogP contribution in [0.4, 0.5) is 5.82 Å². The highest BCUT2D eigenvalue weighted by molar-refractivity contribution is 7.80. The lowest BCUT2D eigenvalue weighted by atomic mass is 10.1. The number of rotatable bonds is 5. The molecule has 0 saturated carbocycles. The van der Waals surface area contributed by atoms with Gasteiger partial charge in [0.2, 0.25) is 0 Å². The maximum absolute atomic E-state index is 5.78. The molecular formula is C14H17N3S. The van der Waals surface area contributed by atoms with E-state index < -0.39 is 0 Å². The molecule has 1 aromatic carbocycles. The zero-order chi connectivity index (χ0) is 13.0. The molecule has 4 heteroatoms. The fraction of sp³-hybridized carbons (Fsp3) is 0.286. The van der Waals surface area contributed by atoms with Crippen LogP contribution in [-0.2, 0) is 0 Å². The molecule has 0 radical (unpaired) electrons. The highest BCUT2D eigenvalue weighted by Crippen LogP contribution is 2.20. The molecule has 0 unspecified atom stereocenters. The van der Waals surface area contributed by atoms with Crippen LogP contribution in [0.2, 0.25) is 0 Å². The van der Waals surface area contributed by atoms with E-state index in [2.05, 4.69) is 17.2 Å². The van der Waals surface area contributed by atoms with Crippen LogP contribution in [0.1, 0.15) is 25.3 Å². The Balaban J connectivity index is 2.41. The lowest BCUT2D eigenvalue weighted by Crippen LogP contribution is -2.12. The van der Waals surface area contributed by atoms with Gasteiger partial charge in [-0.3, -0.25) is 0 Å². The smallest absolute Gasteiger partial charge is 0.127 e. The summed E-state index contributed by atoms with van der Waals surface area (Å²) in [6, 6.07) is 9.83. The Morgan fingerprint density at radius 3 is 2.89 bits per heavy atom. The minimum absolute atomic E-state index is 0.409. The molecule has 94 valence electrons. The molecule has 0 amide bonds. The molecule has 3 N–H and O–H groups in total. The molecule has 0 saturated heterocycles. The summed E-state index contributed by atoms with van der Waals surface area (Å²) in [6.07, 6.45) is 2.28. The van der Waals surface area contributed by atoms with Gasteiger partial charge in [0.25, 0.3) is 0 Å². The number of unbranched alkanes of at least 4 members (excludes halogenated alkanes) is 1. The molecule has 0 bridgehead atoms. The molecule has 0 fully saturated rings. The van der Waals surface area contributed by atoms with E-state index >= 15 is 0 Å². The molecular weight excluding hydrogens is 242 g/mol. The number of aromatic nitrogens is 1. The van der Waals surface area contributed by atoms with Crippen molar-refractivity contribution in [3.05, 3.63) is 35.9 Å². The molecule has 1 heterocycles. The van der Waals surface area contributed by atoms with Crippen LogP contribution in [0, 0.1) is 0 Å². The molecule has 0 aliphatic carbocycles. The van der Waals surface area contributed by atoms with Crippen molar-refractivity contribution in [2.45, 2.75) is 19.8 Å². The number of para-hydroxylation sites is 1. The van der Waals surface area contributed by atoms with E-state index in [9.17, 15) is 0 Å². The number of fused-ring (bicyclic) bond motifs is 1. The topological polar surface area (TPSA) is 50.9 Å². The van der Waals surface area contributed by atoms with Crippen molar-refractivity contribution in [1.82, 2.24) is 4.98 Å². The minimum atomic E-state index is 0.409. The molecule has 2 rings (SSSR count). The van der Waals surface area contributed by atoms with E-state index in [1.165, 1.54) is 0 Å². The van der Waals surface area contributed by atoms with Gasteiger partial charge in [-0.05, 0) is 18.6 Å². The lowest BCUT2D eigenvalue weighted by molar-refractivity contribution is 0.831. The zero-order valence-electron chi connectivity index (χ0n) is 10.4. The van der Waals surface area contributed by atoms with Crippen molar-refractivity contribution >= 4 is 33.9 Å². The van der Waals surface area contributed by atoms with Gasteiger partial charge in [-0.25, -0.2) is 4.98 Å². The average Bonchev–Trinajstić information content (AvgIpc) is 2.38. The summed E-state index contributed by atoms with van der Waals surface area (Å²) in [4.78, 5) is 4.97. The number of nitrogens with one attached hydrogen (secondary N) is 1. The Morgan fingerprint density at radius 2 is 2.17 bits per heavy atom. The van der Waals surface area contributed by atoms with Crippen molar-refractivity contribution in [3.63, 3.8) is 0 Å². The third-order valence-corrected chi connectivity index (χ3v) is 3.04. The fourth-order valence-electron chi connectivity index (χ4n) is 1.86. The van der Waals surface area contributed by atoms with Crippen LogP contribution in [0.3, 0.4) is 0 Å². The molecule has 0 spiro atoms. The van der Waals surface area contributed by atoms with E-state index in [-0.39, 0.29) is 0 Å². The second kappa shape index (κ2) is 5.78. The number of hydrogen-bond acceptors (Lipinski definition) is 3. The quantitative estimate of drug-likeness (QED) is 0.640. The molecule has 2 aromatic rings. The van der Waals surface area contributed by atoms with Crippen LogP contribution >= 0.6 is 12.2 Å². The number of hydrogen-bond donors (Lipinski definition) is 2. The number of pyridine rings is 1. The fourth-order valence-corrected chi connectivity index (χ4v) is 2.03. The Kier molecular flexibility index (Phi) is 4.10. The van der Waals surface area contributed by atoms with Gasteiger partial charge < -0.3 is 11.1 Å². The Bertz CT molecular complexity index is 566. The average molecular weight is 259 g/mol. The number of benzene rings is 1. The van der Waals surface area contributed by atoms with Gasteiger partial charge in [0, 0.05) is 17.5 Å². The minimum Gasteiger partial charge on any atom is -0.389 e. The van der Waals surface area contributed by atoms with Gasteiger partial charge in [-0.1, -0.05) is 43.8 Å². The third-order valence-electron chi connectivity index (χ3n) is 2.82.